The minimum absolute atomic E-state index is 0.139. The maximum Gasteiger partial charge on any atom is 0.0698 e. The van der Waals surface area contributed by atoms with E-state index in [2.05, 4.69) is 84.8 Å². The Kier molecular flexibility index (Phi) is 44.9. The van der Waals surface area contributed by atoms with Crippen molar-refractivity contribution in [1.82, 2.24) is 63.7 Å². The summed E-state index contributed by atoms with van der Waals surface area (Å²) in [5, 5.41) is 16.9. The molecule has 0 radical (unpaired) electrons. The van der Waals surface area contributed by atoms with Gasteiger partial charge >= 0.3 is 0 Å². The van der Waals surface area contributed by atoms with E-state index in [1.807, 2.05) is 0 Å². The number of hydrogen-bond donors (Lipinski definition) is 2. The van der Waals surface area contributed by atoms with Gasteiger partial charge in [0.25, 0.3) is 0 Å². The van der Waals surface area contributed by atoms with Crippen molar-refractivity contribution in [3.8, 4) is 0 Å². The Labute approximate surface area is 524 Å². The van der Waals surface area contributed by atoms with Crippen LogP contribution in [-0.4, -0.2) is 384 Å². The molecule has 0 unspecified atom stereocenters. The average Bonchev–Trinajstić information content (AvgIpc) is 4.37. The number of likely N-dealkylation sites (N-methyl/N-ethyl adjacent to an activating group) is 3. The van der Waals surface area contributed by atoms with Crippen LogP contribution in [0.15, 0.2) is 0 Å². The molecule has 0 aromatic carbocycles. The van der Waals surface area contributed by atoms with Gasteiger partial charge in [0.1, 0.15) is 0 Å². The van der Waals surface area contributed by atoms with E-state index in [0.717, 1.165) is 72.3 Å². The third-order valence-corrected chi connectivity index (χ3v) is 19.5. The van der Waals surface area contributed by atoms with Crippen LogP contribution < -0.4 is 0 Å². The van der Waals surface area contributed by atoms with E-state index in [-0.39, 0.29) is 6.61 Å². The molecule has 0 aromatic rings. The number of hydrogen-bond acceptors (Lipinski definition) is 18. The highest BCUT2D eigenvalue weighted by Crippen LogP contribution is 2.13. The lowest BCUT2D eigenvalue weighted by Gasteiger charge is -2.23. The standard InChI is InChI=1S/C15H31N3O.2C13H27N3.C12H24N2O.C8H17NO2.C6H13NO/c1-16(10-11-17-6-2-3-7-17)12-14-19-15-13-18-8-4-5-9-18;2*1-14(10-12-15-6-2-3-7-15)11-13-16-8-4-5-9-16;1-2-6-13(5-1)9-11-15-12-10-14-7-3-4-8-14;10-6-8-11-7-5-9-3-1-2-4-9;8-6-5-7-3-1-2-4-7/h2-15H2,1H3;2*2-13H2,1H3;1-12H2;10H,1-8H2;8H,1-6H2. The Bertz CT molecular complexity index is 1340. The molecule has 0 bridgehead atoms. The molecule has 2 N–H and O–H groups in total. The van der Waals surface area contributed by atoms with E-state index in [0.29, 0.717) is 13.2 Å². The van der Waals surface area contributed by atoms with Crippen molar-refractivity contribution in [1.29, 1.82) is 0 Å². The fourth-order valence-corrected chi connectivity index (χ4v) is 13.5. The minimum Gasteiger partial charge on any atom is -0.395 e. The summed E-state index contributed by atoms with van der Waals surface area (Å²) in [7, 11) is 6.75. The van der Waals surface area contributed by atoms with Crippen LogP contribution in [0.2, 0.25) is 0 Å². The smallest absolute Gasteiger partial charge is 0.0698 e. The monoisotopic (exact) mass is 1210 g/mol. The van der Waals surface area contributed by atoms with Crippen molar-refractivity contribution in [2.75, 3.05) is 310 Å². The second kappa shape index (κ2) is 50.9. The molecule has 10 aliphatic heterocycles. The molecule has 0 amide bonds. The third kappa shape index (κ3) is 38.7. The Balaban J connectivity index is 0.000000189. The molecule has 0 spiro atoms. The molecule has 0 aromatic heterocycles. The maximum absolute atomic E-state index is 8.48. The molecule has 18 heteroatoms. The SMILES string of the molecule is C1CCN(CCOCCN2CCCC2)C1.CN(CCN1CCCC1)CCN1CCCC1.CN(CCN1CCCC1)CCN1CCCC1.CN(CCOCCN1CCCC1)CCN1CCCC1.OCCN1CCCC1.OCCOCCN1CCCC1. The highest BCUT2D eigenvalue weighted by molar-refractivity contribution is 4.74. The topological polar surface area (TPSA) is 110 Å². The molecule has 0 saturated carbocycles. The van der Waals surface area contributed by atoms with Crippen LogP contribution in [0.3, 0.4) is 0 Å². The third-order valence-electron chi connectivity index (χ3n) is 19.5. The zero-order chi connectivity index (χ0) is 59.9. The Hall–Kier alpha value is -0.720. The molecule has 0 atom stereocenters. The van der Waals surface area contributed by atoms with Crippen molar-refractivity contribution in [2.24, 2.45) is 0 Å². The summed E-state index contributed by atoms with van der Waals surface area (Å²) in [4.78, 5) is 32.6. The van der Waals surface area contributed by atoms with Gasteiger partial charge in [-0.2, -0.15) is 0 Å². The van der Waals surface area contributed by atoms with Gasteiger partial charge in [0, 0.05) is 105 Å². The van der Waals surface area contributed by atoms with Crippen molar-refractivity contribution in [3.05, 3.63) is 0 Å². The van der Waals surface area contributed by atoms with E-state index in [1.165, 1.54) is 325 Å². The van der Waals surface area contributed by atoms with Crippen molar-refractivity contribution >= 4 is 0 Å². The molecular formula is C67H139N13O5. The molecule has 502 valence electrons. The summed E-state index contributed by atoms with van der Waals surface area (Å²) in [5.74, 6) is 0. The molecule has 10 fully saturated rings. The molecule has 10 heterocycles. The Morgan fingerprint density at radius 1 is 0.212 bits per heavy atom. The van der Waals surface area contributed by atoms with E-state index >= 15 is 0 Å². The van der Waals surface area contributed by atoms with Gasteiger partial charge in [0.2, 0.25) is 0 Å². The van der Waals surface area contributed by atoms with Gasteiger partial charge in [-0.25, -0.2) is 0 Å². The van der Waals surface area contributed by atoms with Crippen molar-refractivity contribution in [3.63, 3.8) is 0 Å². The normalized spacial score (nSPS) is 22.6. The minimum atomic E-state index is 0.139. The Morgan fingerprint density at radius 3 is 0.600 bits per heavy atom. The van der Waals surface area contributed by atoms with Crippen LogP contribution in [0.5, 0.6) is 0 Å². The molecule has 10 aliphatic rings. The lowest BCUT2D eigenvalue weighted by atomic mass is 10.4. The fourth-order valence-electron chi connectivity index (χ4n) is 13.5. The van der Waals surface area contributed by atoms with Crippen LogP contribution in [0, 0.1) is 0 Å². The van der Waals surface area contributed by atoms with Crippen LogP contribution in [0.4, 0.5) is 0 Å². The molecular weight excluding hydrogens is 1070 g/mol. The van der Waals surface area contributed by atoms with Gasteiger partial charge < -0.3 is 88.1 Å². The van der Waals surface area contributed by atoms with E-state index < -0.39 is 0 Å². The molecule has 0 aliphatic carbocycles. The van der Waals surface area contributed by atoms with Gasteiger partial charge in [-0.3, -0.25) is 0 Å². The van der Waals surface area contributed by atoms with Gasteiger partial charge in [0.15, 0.2) is 0 Å². The number of β-amino-alcohol motifs (C(OH)–C–C–N with tert-alkyl or cyclic N) is 1. The largest absolute Gasteiger partial charge is 0.395 e. The van der Waals surface area contributed by atoms with E-state index in [4.69, 9.17) is 24.4 Å². The predicted molar refractivity (Wildman–Crippen MR) is 356 cm³/mol. The number of likely N-dealkylation sites (tertiary alicyclic amines) is 10. The zero-order valence-electron chi connectivity index (χ0n) is 56.2. The number of aliphatic hydroxyl groups is 2. The second-order valence-electron chi connectivity index (χ2n) is 26.7. The molecule has 10 saturated heterocycles. The second-order valence-corrected chi connectivity index (χ2v) is 26.7. The first-order valence-corrected chi connectivity index (χ1v) is 36.1. The van der Waals surface area contributed by atoms with Gasteiger partial charge in [-0.05, 0) is 280 Å². The first-order valence-electron chi connectivity index (χ1n) is 36.1. The van der Waals surface area contributed by atoms with E-state index in [1.54, 1.807) is 0 Å². The highest BCUT2D eigenvalue weighted by Gasteiger charge is 2.19. The number of rotatable bonds is 34. The molecule has 85 heavy (non-hydrogen) atoms. The quantitative estimate of drug-likeness (QED) is 0.0869. The van der Waals surface area contributed by atoms with Crippen LogP contribution in [0.1, 0.15) is 128 Å². The molecule has 10 rings (SSSR count). The van der Waals surface area contributed by atoms with E-state index in [9.17, 15) is 0 Å². The van der Waals surface area contributed by atoms with Crippen molar-refractivity contribution < 1.29 is 24.4 Å². The number of ether oxygens (including phenoxy) is 3. The lowest BCUT2D eigenvalue weighted by Crippen LogP contribution is -2.36. The summed E-state index contributed by atoms with van der Waals surface area (Å²) in [6.07, 6.45) is 27.7. The number of nitrogens with zero attached hydrogens (tertiary/aromatic N) is 13. The maximum atomic E-state index is 8.48. The fraction of sp³-hybridized carbons (Fsp3) is 1.00. The highest BCUT2D eigenvalue weighted by atomic mass is 16.5. The average molecular weight is 1210 g/mol. The summed E-state index contributed by atoms with van der Waals surface area (Å²) >= 11 is 0. The summed E-state index contributed by atoms with van der Waals surface area (Å²) in [6.45, 7) is 50.0. The summed E-state index contributed by atoms with van der Waals surface area (Å²) in [6, 6.07) is 0. The van der Waals surface area contributed by atoms with Gasteiger partial charge in [-0.15, -0.1) is 0 Å². The van der Waals surface area contributed by atoms with Crippen LogP contribution >= 0.6 is 0 Å². The Morgan fingerprint density at radius 2 is 0.388 bits per heavy atom. The van der Waals surface area contributed by atoms with Gasteiger partial charge in [-0.1, -0.05) is 0 Å². The molecule has 18 nitrogen and oxygen atoms in total. The zero-order valence-corrected chi connectivity index (χ0v) is 56.2. The van der Waals surface area contributed by atoms with Crippen LogP contribution in [-0.2, 0) is 14.2 Å². The summed E-state index contributed by atoms with van der Waals surface area (Å²) < 4.78 is 16.6. The van der Waals surface area contributed by atoms with Crippen molar-refractivity contribution in [2.45, 2.75) is 128 Å². The van der Waals surface area contributed by atoms with Gasteiger partial charge in [0.05, 0.1) is 52.9 Å². The number of aliphatic hydroxyl groups excluding tert-OH is 2. The first-order chi connectivity index (χ1) is 41.8. The lowest BCUT2D eigenvalue weighted by molar-refractivity contribution is 0.0781. The predicted octanol–water partition coefficient (Wildman–Crippen LogP) is 4.71. The van der Waals surface area contributed by atoms with Crippen LogP contribution in [0.25, 0.3) is 0 Å². The first kappa shape index (κ1) is 75.0. The summed E-state index contributed by atoms with van der Waals surface area (Å²) in [5.41, 5.74) is 0.